The average Bonchev–Trinajstić information content (AvgIpc) is 3.43. The highest BCUT2D eigenvalue weighted by Crippen LogP contribution is 2.44. The molecule has 0 spiro atoms. The molecule has 1 aliphatic heterocycles. The topological polar surface area (TPSA) is 132 Å². The molecule has 10 nitrogen and oxygen atoms in total. The van der Waals surface area contributed by atoms with Gasteiger partial charge in [-0.15, -0.1) is 0 Å². The Balaban J connectivity index is 1.93. The SMILES string of the molecule is COC(=O)c1ccc([C@H]2/C(=C(\O)c3cccc(OC)c3)C(=O)C(=O)N2c2nc(C)c(C(=O)OC)s2)cc1. The number of carbonyl (C=O) groups excluding carboxylic acids is 4. The fraction of sp³-hybridized carbons (Fsp3) is 0.192. The van der Waals surface area contributed by atoms with E-state index < -0.39 is 35.4 Å². The molecule has 3 aromatic rings. The number of Topliss-reactive ketones (excluding diaryl/α,β-unsaturated/α-hetero) is 1. The highest BCUT2D eigenvalue weighted by Gasteiger charge is 2.48. The Morgan fingerprint density at radius 1 is 0.973 bits per heavy atom. The number of thiazole rings is 1. The predicted molar refractivity (Wildman–Crippen MR) is 134 cm³/mol. The lowest BCUT2D eigenvalue weighted by Gasteiger charge is -2.23. The molecule has 4 rings (SSSR count). The lowest BCUT2D eigenvalue weighted by atomic mass is 9.94. The summed E-state index contributed by atoms with van der Waals surface area (Å²) in [6.45, 7) is 1.58. The zero-order chi connectivity index (χ0) is 26.9. The Kier molecular flexibility index (Phi) is 7.07. The molecule has 11 heteroatoms. The third-order valence-corrected chi connectivity index (χ3v) is 6.93. The summed E-state index contributed by atoms with van der Waals surface area (Å²) in [6.07, 6.45) is 0. The number of nitrogens with zero attached hydrogens (tertiary/aromatic N) is 2. The van der Waals surface area contributed by atoms with Crippen LogP contribution in [0, 0.1) is 6.92 Å². The van der Waals surface area contributed by atoms with Gasteiger partial charge in [0.1, 0.15) is 16.4 Å². The van der Waals surface area contributed by atoms with Crippen LogP contribution in [0.1, 0.15) is 42.9 Å². The van der Waals surface area contributed by atoms with Crippen LogP contribution < -0.4 is 9.64 Å². The molecule has 1 aliphatic rings. The largest absolute Gasteiger partial charge is 0.507 e. The number of benzene rings is 2. The van der Waals surface area contributed by atoms with Crippen molar-refractivity contribution in [2.45, 2.75) is 13.0 Å². The third kappa shape index (κ3) is 4.56. The van der Waals surface area contributed by atoms with E-state index in [0.29, 0.717) is 17.0 Å². The van der Waals surface area contributed by atoms with Gasteiger partial charge in [0.15, 0.2) is 5.13 Å². The summed E-state index contributed by atoms with van der Waals surface area (Å²) >= 11 is 0.890. The van der Waals surface area contributed by atoms with Crippen molar-refractivity contribution in [2.75, 3.05) is 26.2 Å². The van der Waals surface area contributed by atoms with Crippen molar-refractivity contribution in [3.05, 3.63) is 81.4 Å². The van der Waals surface area contributed by atoms with E-state index in [1.807, 2.05) is 0 Å². The number of methoxy groups -OCH3 is 3. The van der Waals surface area contributed by atoms with Crippen LogP contribution in [0.2, 0.25) is 0 Å². The van der Waals surface area contributed by atoms with Gasteiger partial charge in [0, 0.05) is 5.56 Å². The molecule has 1 amide bonds. The first kappa shape index (κ1) is 25.6. The average molecular weight is 523 g/mol. The number of esters is 2. The van der Waals surface area contributed by atoms with E-state index in [1.54, 1.807) is 37.3 Å². The summed E-state index contributed by atoms with van der Waals surface area (Å²) < 4.78 is 14.8. The number of ether oxygens (including phenoxy) is 3. The van der Waals surface area contributed by atoms with Crippen LogP contribution in [0.4, 0.5) is 5.13 Å². The van der Waals surface area contributed by atoms with E-state index in [0.717, 1.165) is 16.2 Å². The minimum absolute atomic E-state index is 0.0757. The van der Waals surface area contributed by atoms with Gasteiger partial charge in [-0.05, 0) is 36.8 Å². The summed E-state index contributed by atoms with van der Waals surface area (Å²) in [5, 5.41) is 11.3. The zero-order valence-electron chi connectivity index (χ0n) is 20.3. The van der Waals surface area contributed by atoms with Crippen LogP contribution in [0.5, 0.6) is 5.75 Å². The quantitative estimate of drug-likeness (QED) is 0.223. The second-order valence-corrected chi connectivity index (χ2v) is 8.89. The summed E-state index contributed by atoms with van der Waals surface area (Å²) in [4.78, 5) is 56.4. The standard InChI is InChI=1S/C26H22N2O8S/c1-13-22(25(33)36-4)37-26(27-13)28-19(14-8-10-15(11-9-14)24(32)35-3)18(21(30)23(28)31)20(29)16-6-5-7-17(12-16)34-2/h5-12,19,29H,1-4H3/b20-18+/t19-/m0/s1. The number of hydrogen-bond acceptors (Lipinski definition) is 10. The third-order valence-electron chi connectivity index (χ3n) is 5.80. The van der Waals surface area contributed by atoms with E-state index in [9.17, 15) is 24.3 Å². The van der Waals surface area contributed by atoms with Gasteiger partial charge in [-0.25, -0.2) is 14.6 Å². The summed E-state index contributed by atoms with van der Waals surface area (Å²) in [6, 6.07) is 11.4. The number of aryl methyl sites for hydroxylation is 1. The summed E-state index contributed by atoms with van der Waals surface area (Å²) in [5.74, 6) is -3.03. The highest BCUT2D eigenvalue weighted by molar-refractivity contribution is 7.17. The molecule has 1 fully saturated rings. The second-order valence-electron chi connectivity index (χ2n) is 7.92. The maximum absolute atomic E-state index is 13.3. The van der Waals surface area contributed by atoms with E-state index in [4.69, 9.17) is 14.2 Å². The van der Waals surface area contributed by atoms with Crippen LogP contribution in [-0.2, 0) is 19.1 Å². The molecule has 1 aromatic heterocycles. The predicted octanol–water partition coefficient (Wildman–Crippen LogP) is 3.66. The highest BCUT2D eigenvalue weighted by atomic mass is 32.1. The Morgan fingerprint density at radius 3 is 2.27 bits per heavy atom. The number of hydrogen-bond donors (Lipinski definition) is 1. The second kappa shape index (κ2) is 10.2. The molecule has 2 aromatic carbocycles. The molecular formula is C26H22N2O8S. The van der Waals surface area contributed by atoms with Crippen molar-refractivity contribution in [3.8, 4) is 5.75 Å². The van der Waals surface area contributed by atoms with Gasteiger partial charge in [-0.3, -0.25) is 14.5 Å². The number of aliphatic hydroxyl groups excluding tert-OH is 1. The van der Waals surface area contributed by atoms with Gasteiger partial charge in [0.25, 0.3) is 5.78 Å². The fourth-order valence-corrected chi connectivity index (χ4v) is 4.97. The zero-order valence-corrected chi connectivity index (χ0v) is 21.1. The molecule has 0 bridgehead atoms. The van der Waals surface area contributed by atoms with Crippen molar-refractivity contribution >= 4 is 45.9 Å². The molecule has 0 saturated carbocycles. The van der Waals surface area contributed by atoms with Crippen molar-refractivity contribution in [2.24, 2.45) is 0 Å². The molecule has 1 N–H and O–H groups in total. The number of rotatable bonds is 6. The minimum Gasteiger partial charge on any atom is -0.507 e. The van der Waals surface area contributed by atoms with Crippen molar-refractivity contribution in [3.63, 3.8) is 0 Å². The lowest BCUT2D eigenvalue weighted by molar-refractivity contribution is -0.132. The van der Waals surface area contributed by atoms with Crippen LogP contribution in [-0.4, -0.2) is 55.0 Å². The van der Waals surface area contributed by atoms with Crippen LogP contribution in [0.15, 0.2) is 54.1 Å². The summed E-state index contributed by atoms with van der Waals surface area (Å²) in [5.41, 5.74) is 1.08. The van der Waals surface area contributed by atoms with Gasteiger partial charge in [0.2, 0.25) is 0 Å². The smallest absolute Gasteiger partial charge is 0.350 e. The van der Waals surface area contributed by atoms with Gasteiger partial charge >= 0.3 is 17.8 Å². The normalized spacial score (nSPS) is 16.5. The molecular weight excluding hydrogens is 500 g/mol. The molecule has 1 saturated heterocycles. The molecule has 2 heterocycles. The van der Waals surface area contributed by atoms with Gasteiger partial charge in [-0.2, -0.15) is 0 Å². The Morgan fingerprint density at radius 2 is 1.65 bits per heavy atom. The number of aromatic nitrogens is 1. The minimum atomic E-state index is -1.10. The van der Waals surface area contributed by atoms with Gasteiger partial charge in [0.05, 0.1) is 44.2 Å². The van der Waals surface area contributed by atoms with Gasteiger partial charge < -0.3 is 19.3 Å². The monoisotopic (exact) mass is 522 g/mol. The van der Waals surface area contributed by atoms with Crippen LogP contribution in [0.3, 0.4) is 0 Å². The maximum atomic E-state index is 13.3. The summed E-state index contributed by atoms with van der Waals surface area (Å²) in [7, 11) is 3.94. The number of anilines is 1. The molecule has 0 unspecified atom stereocenters. The van der Waals surface area contributed by atoms with Gasteiger partial charge in [-0.1, -0.05) is 35.6 Å². The molecule has 37 heavy (non-hydrogen) atoms. The first-order valence-corrected chi connectivity index (χ1v) is 11.7. The molecule has 190 valence electrons. The number of aliphatic hydroxyl groups is 1. The van der Waals surface area contributed by atoms with Crippen LogP contribution >= 0.6 is 11.3 Å². The van der Waals surface area contributed by atoms with Crippen molar-refractivity contribution in [1.29, 1.82) is 0 Å². The first-order chi connectivity index (χ1) is 17.7. The Hall–Kier alpha value is -4.51. The molecule has 0 aliphatic carbocycles. The van der Waals surface area contributed by atoms with Crippen molar-refractivity contribution < 1.29 is 38.5 Å². The Labute approximate surface area is 215 Å². The van der Waals surface area contributed by atoms with E-state index >= 15 is 0 Å². The lowest BCUT2D eigenvalue weighted by Crippen LogP contribution is -2.29. The number of amides is 1. The van der Waals surface area contributed by atoms with E-state index in [2.05, 4.69) is 4.98 Å². The number of ketones is 1. The molecule has 0 radical (unpaired) electrons. The van der Waals surface area contributed by atoms with Crippen LogP contribution in [0.25, 0.3) is 5.76 Å². The van der Waals surface area contributed by atoms with Crippen molar-refractivity contribution in [1.82, 2.24) is 4.98 Å². The van der Waals surface area contributed by atoms with E-state index in [-0.39, 0.29) is 26.7 Å². The first-order valence-electron chi connectivity index (χ1n) is 10.9. The Bertz CT molecular complexity index is 1440. The fourth-order valence-electron chi connectivity index (χ4n) is 3.96. The maximum Gasteiger partial charge on any atom is 0.350 e. The van der Waals surface area contributed by atoms with E-state index in [1.165, 1.54) is 39.5 Å². The molecule has 1 atom stereocenters. The number of carbonyl (C=O) groups is 4.